The molecule has 168 valence electrons. The normalized spacial score (nSPS) is 14.9. The van der Waals surface area contributed by atoms with Crippen molar-refractivity contribution < 1.29 is 13.2 Å². The summed E-state index contributed by atoms with van der Waals surface area (Å²) in [5, 5.41) is 12.3. The Balaban J connectivity index is 1.28. The number of rotatable bonds is 8. The van der Waals surface area contributed by atoms with Gasteiger partial charge >= 0.3 is 0 Å². The Morgan fingerprint density at radius 3 is 2.38 bits per heavy atom. The molecular weight excluding hydrogens is 444 g/mol. The molecular formula is C23H26N4O3S2. The van der Waals surface area contributed by atoms with Gasteiger partial charge < -0.3 is 5.32 Å². The molecule has 9 heteroatoms. The zero-order valence-corrected chi connectivity index (χ0v) is 19.4. The number of hydrogen-bond acceptors (Lipinski definition) is 6. The molecule has 3 aromatic rings. The smallest absolute Gasteiger partial charge is 0.243 e. The average Bonchev–Trinajstić information content (AvgIpc) is 3.25. The molecule has 0 unspecified atom stereocenters. The third kappa shape index (κ3) is 5.79. The van der Waals surface area contributed by atoms with Crippen molar-refractivity contribution in [3.05, 3.63) is 70.7 Å². The van der Waals surface area contributed by atoms with Gasteiger partial charge in [0.1, 0.15) is 5.01 Å². The maximum Gasteiger partial charge on any atom is 0.243 e. The monoisotopic (exact) mass is 470 g/mol. The number of nitrogens with zero attached hydrogens (tertiary/aromatic N) is 3. The summed E-state index contributed by atoms with van der Waals surface area (Å²) >= 11 is 1.37. The number of sulfonamides is 1. The number of hydrogen-bond donors (Lipinski definition) is 1. The maximum absolute atomic E-state index is 12.7. The lowest BCUT2D eigenvalue weighted by Gasteiger charge is -2.25. The molecule has 32 heavy (non-hydrogen) atoms. The number of aryl methyl sites for hydroxylation is 1. The molecule has 0 atom stereocenters. The van der Waals surface area contributed by atoms with Crippen LogP contribution in [0, 0.1) is 0 Å². The molecule has 1 aliphatic rings. The van der Waals surface area contributed by atoms with E-state index in [1.165, 1.54) is 11.3 Å². The number of carbonyl (C=O) groups excluding carboxylic acids is 1. The maximum atomic E-state index is 12.7. The molecule has 1 aliphatic heterocycles. The van der Waals surface area contributed by atoms with Gasteiger partial charge in [0.2, 0.25) is 21.1 Å². The Kier molecular flexibility index (Phi) is 7.29. The van der Waals surface area contributed by atoms with Crippen molar-refractivity contribution in [1.82, 2.24) is 14.5 Å². The first-order valence-electron chi connectivity index (χ1n) is 10.8. The summed E-state index contributed by atoms with van der Waals surface area (Å²) in [6.45, 7) is 1.17. The number of amides is 1. The second-order valence-corrected chi connectivity index (χ2v) is 10.8. The molecule has 2 heterocycles. The molecule has 7 nitrogen and oxygen atoms in total. The second kappa shape index (κ2) is 10.3. The van der Waals surface area contributed by atoms with Gasteiger partial charge in [0.15, 0.2) is 0 Å². The number of benzene rings is 2. The van der Waals surface area contributed by atoms with Gasteiger partial charge in [0.25, 0.3) is 0 Å². The van der Waals surface area contributed by atoms with Crippen LogP contribution in [-0.2, 0) is 27.7 Å². The largest absolute Gasteiger partial charge is 0.301 e. The van der Waals surface area contributed by atoms with Gasteiger partial charge in [-0.1, -0.05) is 60.2 Å². The fourth-order valence-corrected chi connectivity index (χ4v) is 5.98. The fourth-order valence-electron chi connectivity index (χ4n) is 3.67. The molecule has 0 bridgehead atoms. The van der Waals surface area contributed by atoms with E-state index in [1.54, 1.807) is 28.6 Å². The van der Waals surface area contributed by atoms with Gasteiger partial charge in [-0.15, -0.1) is 10.2 Å². The summed E-state index contributed by atoms with van der Waals surface area (Å²) in [6.07, 6.45) is 4.39. The van der Waals surface area contributed by atoms with E-state index in [2.05, 4.69) is 15.5 Å². The Morgan fingerprint density at radius 2 is 1.66 bits per heavy atom. The van der Waals surface area contributed by atoms with E-state index in [-0.39, 0.29) is 12.3 Å². The molecule has 1 N–H and O–H groups in total. The van der Waals surface area contributed by atoms with E-state index in [1.807, 2.05) is 30.3 Å². The van der Waals surface area contributed by atoms with Crippen molar-refractivity contribution in [2.24, 2.45) is 0 Å². The molecule has 4 rings (SSSR count). The molecule has 0 radical (unpaired) electrons. The number of piperidine rings is 1. The third-order valence-electron chi connectivity index (χ3n) is 5.43. The molecule has 0 aliphatic carbocycles. The minimum atomic E-state index is -3.43. The van der Waals surface area contributed by atoms with Crippen LogP contribution in [0.3, 0.4) is 0 Å². The van der Waals surface area contributed by atoms with Crippen LogP contribution >= 0.6 is 11.3 Å². The third-order valence-corrected chi connectivity index (χ3v) is 8.18. The highest BCUT2D eigenvalue weighted by Gasteiger charge is 2.25. The van der Waals surface area contributed by atoms with E-state index in [0.29, 0.717) is 36.0 Å². The van der Waals surface area contributed by atoms with Crippen LogP contribution in [0.1, 0.15) is 41.8 Å². The molecule has 0 saturated carbocycles. The van der Waals surface area contributed by atoms with Crippen LogP contribution in [0.4, 0.5) is 5.13 Å². The van der Waals surface area contributed by atoms with Gasteiger partial charge in [-0.05, 0) is 42.5 Å². The van der Waals surface area contributed by atoms with Crippen LogP contribution in [0.5, 0.6) is 0 Å². The zero-order valence-electron chi connectivity index (χ0n) is 17.7. The van der Waals surface area contributed by atoms with Gasteiger partial charge in [-0.3, -0.25) is 4.79 Å². The molecule has 1 amide bonds. The van der Waals surface area contributed by atoms with Crippen LogP contribution in [0.15, 0.2) is 59.5 Å². The number of anilines is 1. The molecule has 1 saturated heterocycles. The van der Waals surface area contributed by atoms with E-state index in [0.717, 1.165) is 35.4 Å². The lowest BCUT2D eigenvalue weighted by molar-refractivity contribution is -0.116. The minimum absolute atomic E-state index is 0.141. The molecule has 0 spiro atoms. The van der Waals surface area contributed by atoms with Gasteiger partial charge in [-0.2, -0.15) is 4.31 Å². The first kappa shape index (κ1) is 22.6. The average molecular weight is 471 g/mol. The van der Waals surface area contributed by atoms with Crippen molar-refractivity contribution in [3.63, 3.8) is 0 Å². The van der Waals surface area contributed by atoms with Crippen molar-refractivity contribution in [2.45, 2.75) is 43.4 Å². The Morgan fingerprint density at radius 1 is 0.938 bits per heavy atom. The number of nitrogens with one attached hydrogen (secondary N) is 1. The number of aromatic nitrogens is 2. The van der Waals surface area contributed by atoms with Gasteiger partial charge in [0.05, 0.1) is 4.90 Å². The Hall–Kier alpha value is -2.62. The highest BCUT2D eigenvalue weighted by molar-refractivity contribution is 7.89. The van der Waals surface area contributed by atoms with Crippen molar-refractivity contribution >= 4 is 32.4 Å². The van der Waals surface area contributed by atoms with Crippen LogP contribution < -0.4 is 5.32 Å². The quantitative estimate of drug-likeness (QED) is 0.539. The second-order valence-electron chi connectivity index (χ2n) is 7.82. The molecule has 1 aromatic heterocycles. The minimum Gasteiger partial charge on any atom is -0.301 e. The van der Waals surface area contributed by atoms with E-state index in [4.69, 9.17) is 0 Å². The lowest BCUT2D eigenvalue weighted by atomic mass is 10.1. The lowest BCUT2D eigenvalue weighted by Crippen LogP contribution is -2.35. The summed E-state index contributed by atoms with van der Waals surface area (Å²) in [4.78, 5) is 12.6. The predicted molar refractivity (Wildman–Crippen MR) is 125 cm³/mol. The van der Waals surface area contributed by atoms with Crippen LogP contribution in [0.25, 0.3) is 0 Å². The van der Waals surface area contributed by atoms with Crippen molar-refractivity contribution in [1.29, 1.82) is 0 Å². The first-order chi connectivity index (χ1) is 15.5. The standard InChI is InChI=1S/C23H26N4O3S2/c28-21(24-23-26-25-22(31-23)17-19-7-3-1-4-8-19)14-11-18-9-12-20(13-10-18)32(29,30)27-15-5-2-6-16-27/h1,3-4,7-10,12-13H,2,5-6,11,14-17H2,(H,24,26,28). The van der Waals surface area contributed by atoms with Gasteiger partial charge in [0, 0.05) is 25.9 Å². The Labute approximate surface area is 192 Å². The van der Waals surface area contributed by atoms with Crippen molar-refractivity contribution in [3.8, 4) is 0 Å². The highest BCUT2D eigenvalue weighted by atomic mass is 32.2. The zero-order chi connectivity index (χ0) is 22.4. The summed E-state index contributed by atoms with van der Waals surface area (Å²) in [6, 6.07) is 16.8. The summed E-state index contributed by atoms with van der Waals surface area (Å²) < 4.78 is 27.0. The van der Waals surface area contributed by atoms with E-state index in [9.17, 15) is 13.2 Å². The van der Waals surface area contributed by atoms with Crippen molar-refractivity contribution in [2.75, 3.05) is 18.4 Å². The number of carbonyl (C=O) groups is 1. The topological polar surface area (TPSA) is 92.3 Å². The fraction of sp³-hybridized carbons (Fsp3) is 0.348. The van der Waals surface area contributed by atoms with E-state index >= 15 is 0 Å². The first-order valence-corrected chi connectivity index (χ1v) is 13.0. The predicted octanol–water partition coefficient (Wildman–Crippen LogP) is 3.87. The van der Waals surface area contributed by atoms with Gasteiger partial charge in [-0.25, -0.2) is 8.42 Å². The summed E-state index contributed by atoms with van der Waals surface area (Å²) in [5.74, 6) is -0.141. The van der Waals surface area contributed by atoms with Crippen LogP contribution in [-0.4, -0.2) is 41.9 Å². The Bertz CT molecular complexity index is 1140. The van der Waals surface area contributed by atoms with Crippen LogP contribution in [0.2, 0.25) is 0 Å². The van der Waals surface area contributed by atoms with E-state index < -0.39 is 10.0 Å². The highest BCUT2D eigenvalue weighted by Crippen LogP contribution is 2.22. The molecule has 1 fully saturated rings. The molecule has 2 aromatic carbocycles. The SMILES string of the molecule is O=C(CCc1ccc(S(=O)(=O)N2CCCCC2)cc1)Nc1nnc(Cc2ccccc2)s1. The summed E-state index contributed by atoms with van der Waals surface area (Å²) in [7, 11) is -3.43. The summed E-state index contributed by atoms with van der Waals surface area (Å²) in [5.41, 5.74) is 2.06.